The SMILES string of the molecule is OC(CNCC(C1CC1)C1CC1)COCc1cccs1. The van der Waals surface area contributed by atoms with Gasteiger partial charge in [-0.3, -0.25) is 0 Å². The Bertz CT molecular complexity index is 375. The maximum Gasteiger partial charge on any atom is 0.0897 e. The molecule has 4 heteroatoms. The van der Waals surface area contributed by atoms with Crippen LogP contribution in [-0.2, 0) is 11.3 Å². The maximum absolute atomic E-state index is 9.92. The molecule has 1 heterocycles. The molecule has 0 spiro atoms. The Morgan fingerprint density at radius 3 is 2.60 bits per heavy atom. The predicted octanol–water partition coefficient (Wildman–Crippen LogP) is 2.65. The first kappa shape index (κ1) is 14.5. The monoisotopic (exact) mass is 295 g/mol. The van der Waals surface area contributed by atoms with Crippen molar-refractivity contribution in [2.45, 2.75) is 38.4 Å². The largest absolute Gasteiger partial charge is 0.389 e. The Balaban J connectivity index is 1.26. The van der Waals surface area contributed by atoms with Crippen LogP contribution in [0.1, 0.15) is 30.6 Å². The molecule has 0 amide bonds. The van der Waals surface area contributed by atoms with E-state index < -0.39 is 6.10 Å². The third-order valence-electron chi connectivity index (χ3n) is 4.35. The third-order valence-corrected chi connectivity index (χ3v) is 5.20. The molecule has 2 saturated carbocycles. The van der Waals surface area contributed by atoms with Crippen LogP contribution in [0, 0.1) is 17.8 Å². The molecular formula is C16H25NO2S. The molecule has 112 valence electrons. The highest BCUT2D eigenvalue weighted by atomic mass is 32.1. The summed E-state index contributed by atoms with van der Waals surface area (Å²) in [5.41, 5.74) is 0. The zero-order valence-electron chi connectivity index (χ0n) is 12.0. The summed E-state index contributed by atoms with van der Waals surface area (Å²) < 4.78 is 5.54. The normalized spacial score (nSPS) is 20.5. The molecule has 2 aliphatic rings. The van der Waals surface area contributed by atoms with Crippen LogP contribution >= 0.6 is 11.3 Å². The summed E-state index contributed by atoms with van der Waals surface area (Å²) in [5.74, 6) is 2.82. The van der Waals surface area contributed by atoms with Gasteiger partial charge in [0.25, 0.3) is 0 Å². The fourth-order valence-corrected chi connectivity index (χ4v) is 3.57. The second-order valence-corrected chi connectivity index (χ2v) is 7.28. The van der Waals surface area contributed by atoms with E-state index in [4.69, 9.17) is 4.74 Å². The summed E-state index contributed by atoms with van der Waals surface area (Å²) in [5, 5.41) is 15.4. The van der Waals surface area contributed by atoms with Gasteiger partial charge in [-0.2, -0.15) is 0 Å². The first-order chi connectivity index (χ1) is 9.83. The second-order valence-electron chi connectivity index (χ2n) is 6.25. The van der Waals surface area contributed by atoms with Crippen LogP contribution in [0.25, 0.3) is 0 Å². The molecule has 0 aromatic carbocycles. The first-order valence-electron chi connectivity index (χ1n) is 7.82. The van der Waals surface area contributed by atoms with Crippen LogP contribution in [0.5, 0.6) is 0 Å². The first-order valence-corrected chi connectivity index (χ1v) is 8.70. The standard InChI is InChI=1S/C16H25NO2S/c18-14(10-19-11-15-2-1-7-20-15)8-17-9-16(12-3-4-12)13-5-6-13/h1-2,7,12-14,16-18H,3-6,8-11H2. The van der Waals surface area contributed by atoms with E-state index in [1.807, 2.05) is 11.4 Å². The van der Waals surface area contributed by atoms with Crippen LogP contribution in [0.3, 0.4) is 0 Å². The molecule has 0 bridgehead atoms. The Morgan fingerprint density at radius 1 is 1.25 bits per heavy atom. The van der Waals surface area contributed by atoms with Crippen LogP contribution in [-0.4, -0.2) is 30.9 Å². The minimum absolute atomic E-state index is 0.394. The van der Waals surface area contributed by atoms with E-state index in [0.717, 1.165) is 24.3 Å². The lowest BCUT2D eigenvalue weighted by atomic mass is 9.98. The van der Waals surface area contributed by atoms with Crippen molar-refractivity contribution in [3.05, 3.63) is 22.4 Å². The summed E-state index contributed by atoms with van der Waals surface area (Å²) in [4.78, 5) is 1.22. The number of aliphatic hydroxyl groups excluding tert-OH is 1. The molecule has 20 heavy (non-hydrogen) atoms. The van der Waals surface area contributed by atoms with Gasteiger partial charge in [-0.15, -0.1) is 11.3 Å². The lowest BCUT2D eigenvalue weighted by Gasteiger charge is -2.18. The van der Waals surface area contributed by atoms with Crippen molar-refractivity contribution in [3.8, 4) is 0 Å². The number of nitrogens with one attached hydrogen (secondary N) is 1. The van der Waals surface area contributed by atoms with E-state index in [-0.39, 0.29) is 0 Å². The number of ether oxygens (including phenoxy) is 1. The highest BCUT2D eigenvalue weighted by molar-refractivity contribution is 7.09. The minimum atomic E-state index is -0.394. The fourth-order valence-electron chi connectivity index (χ4n) is 2.93. The van der Waals surface area contributed by atoms with Crippen LogP contribution < -0.4 is 5.32 Å². The van der Waals surface area contributed by atoms with Gasteiger partial charge in [0.2, 0.25) is 0 Å². The Kier molecular flexibility index (Phi) is 5.10. The molecule has 3 rings (SSSR count). The summed E-state index contributed by atoms with van der Waals surface area (Å²) in [6, 6.07) is 4.09. The van der Waals surface area contributed by atoms with Crippen molar-refractivity contribution < 1.29 is 9.84 Å². The van der Waals surface area contributed by atoms with Gasteiger partial charge >= 0.3 is 0 Å². The predicted molar refractivity (Wildman–Crippen MR) is 81.8 cm³/mol. The van der Waals surface area contributed by atoms with E-state index >= 15 is 0 Å². The molecule has 1 aromatic heterocycles. The second kappa shape index (κ2) is 7.03. The third kappa shape index (κ3) is 4.55. The van der Waals surface area contributed by atoms with Gasteiger partial charge in [0.1, 0.15) is 0 Å². The van der Waals surface area contributed by atoms with Crippen LogP contribution in [0.15, 0.2) is 17.5 Å². The van der Waals surface area contributed by atoms with Gasteiger partial charge in [-0.25, -0.2) is 0 Å². The van der Waals surface area contributed by atoms with Crippen LogP contribution in [0.4, 0.5) is 0 Å². The molecule has 0 radical (unpaired) electrons. The Hall–Kier alpha value is -0.420. The van der Waals surface area contributed by atoms with Crippen molar-refractivity contribution in [3.63, 3.8) is 0 Å². The smallest absolute Gasteiger partial charge is 0.0897 e. The lowest BCUT2D eigenvalue weighted by molar-refractivity contribution is 0.0293. The minimum Gasteiger partial charge on any atom is -0.389 e. The summed E-state index contributed by atoms with van der Waals surface area (Å²) in [6.45, 7) is 2.77. The lowest BCUT2D eigenvalue weighted by Crippen LogP contribution is -2.34. The van der Waals surface area contributed by atoms with Crippen molar-refractivity contribution in [1.29, 1.82) is 0 Å². The number of hydrogen-bond acceptors (Lipinski definition) is 4. The summed E-state index contributed by atoms with van der Waals surface area (Å²) in [7, 11) is 0. The van der Waals surface area contributed by atoms with Crippen molar-refractivity contribution >= 4 is 11.3 Å². The molecule has 2 aliphatic carbocycles. The van der Waals surface area contributed by atoms with E-state index in [2.05, 4.69) is 11.4 Å². The van der Waals surface area contributed by atoms with Gasteiger partial charge in [0, 0.05) is 11.4 Å². The van der Waals surface area contributed by atoms with Gasteiger partial charge in [0.15, 0.2) is 0 Å². The zero-order valence-corrected chi connectivity index (χ0v) is 12.8. The molecule has 3 nitrogen and oxygen atoms in total. The van der Waals surface area contributed by atoms with Crippen LogP contribution in [0.2, 0.25) is 0 Å². The highest BCUT2D eigenvalue weighted by Gasteiger charge is 2.40. The number of aliphatic hydroxyl groups is 1. The molecule has 0 saturated heterocycles. The average molecular weight is 295 g/mol. The molecule has 1 unspecified atom stereocenters. The van der Waals surface area contributed by atoms with Gasteiger partial charge in [-0.1, -0.05) is 6.07 Å². The van der Waals surface area contributed by atoms with E-state index in [9.17, 15) is 5.11 Å². The maximum atomic E-state index is 9.92. The Labute approximate surface area is 125 Å². The Morgan fingerprint density at radius 2 is 2.00 bits per heavy atom. The summed E-state index contributed by atoms with van der Waals surface area (Å²) >= 11 is 1.69. The van der Waals surface area contributed by atoms with Gasteiger partial charge in [-0.05, 0) is 61.4 Å². The number of rotatable bonds is 10. The van der Waals surface area contributed by atoms with Gasteiger partial charge < -0.3 is 15.2 Å². The van der Waals surface area contributed by atoms with Crippen molar-refractivity contribution in [2.24, 2.45) is 17.8 Å². The van der Waals surface area contributed by atoms with Crippen molar-refractivity contribution in [2.75, 3.05) is 19.7 Å². The number of hydrogen-bond donors (Lipinski definition) is 2. The summed E-state index contributed by atoms with van der Waals surface area (Å²) in [6.07, 6.45) is 5.31. The molecule has 2 N–H and O–H groups in total. The van der Waals surface area contributed by atoms with E-state index in [1.165, 1.54) is 30.6 Å². The van der Waals surface area contributed by atoms with E-state index in [0.29, 0.717) is 19.8 Å². The number of thiophene rings is 1. The zero-order chi connectivity index (χ0) is 13.8. The van der Waals surface area contributed by atoms with Gasteiger partial charge in [0.05, 0.1) is 19.3 Å². The molecule has 2 fully saturated rings. The molecule has 1 aromatic rings. The van der Waals surface area contributed by atoms with Crippen molar-refractivity contribution in [1.82, 2.24) is 5.32 Å². The highest BCUT2D eigenvalue weighted by Crippen LogP contribution is 2.48. The molecule has 1 atom stereocenters. The molecule has 0 aliphatic heterocycles. The quantitative estimate of drug-likeness (QED) is 0.697. The fraction of sp³-hybridized carbons (Fsp3) is 0.750. The van der Waals surface area contributed by atoms with E-state index in [1.54, 1.807) is 11.3 Å². The topological polar surface area (TPSA) is 41.5 Å². The average Bonchev–Trinajstić information content (AvgIpc) is 3.36. The molecular weight excluding hydrogens is 270 g/mol.